The van der Waals surface area contributed by atoms with Gasteiger partial charge in [-0.25, -0.2) is 4.79 Å². The minimum Gasteiger partial charge on any atom is -0.492 e. The van der Waals surface area contributed by atoms with Crippen LogP contribution in [0.5, 0.6) is 5.75 Å². The normalized spacial score (nSPS) is 11.0. The lowest BCUT2D eigenvalue weighted by Gasteiger charge is -2.16. The average molecular weight is 382 g/mol. The number of unbranched alkanes of at least 4 members (excludes halogenated alkanes) is 1. The van der Waals surface area contributed by atoms with Crippen molar-refractivity contribution in [1.82, 2.24) is 9.55 Å². The number of aryl methyl sites for hydroxylation is 2. The largest absolute Gasteiger partial charge is 0.492 e. The molecule has 2 aromatic heterocycles. The van der Waals surface area contributed by atoms with Crippen LogP contribution >= 0.6 is 0 Å². The Morgan fingerprint density at radius 3 is 2.68 bits per heavy atom. The van der Waals surface area contributed by atoms with Gasteiger partial charge in [0, 0.05) is 24.2 Å². The van der Waals surface area contributed by atoms with Gasteiger partial charge >= 0.3 is 5.97 Å². The van der Waals surface area contributed by atoms with E-state index in [0.717, 1.165) is 40.6 Å². The molecule has 0 amide bonds. The van der Waals surface area contributed by atoms with Crippen molar-refractivity contribution < 1.29 is 14.3 Å². The maximum atomic E-state index is 12.5. The first-order chi connectivity index (χ1) is 13.5. The summed E-state index contributed by atoms with van der Waals surface area (Å²) in [6.45, 7) is 4.70. The number of rotatable bonds is 7. The molecule has 6 nitrogen and oxygen atoms in total. The van der Waals surface area contributed by atoms with Crippen molar-refractivity contribution in [2.75, 3.05) is 13.7 Å². The Morgan fingerprint density at radius 2 is 2.00 bits per heavy atom. The Labute approximate surface area is 164 Å². The first-order valence-corrected chi connectivity index (χ1v) is 9.57. The SMILES string of the molecule is CCCCOc1c(-c2[nH]c(=O)c(C(=O)OC)cc2CC)ccc2c1ccn2C. The van der Waals surface area contributed by atoms with E-state index in [0.29, 0.717) is 18.7 Å². The van der Waals surface area contributed by atoms with Crippen LogP contribution in [0.2, 0.25) is 0 Å². The van der Waals surface area contributed by atoms with Crippen LogP contribution in [0.25, 0.3) is 22.2 Å². The molecular weight excluding hydrogens is 356 g/mol. The molecule has 28 heavy (non-hydrogen) atoms. The summed E-state index contributed by atoms with van der Waals surface area (Å²) in [5, 5.41) is 0.996. The van der Waals surface area contributed by atoms with Gasteiger partial charge in [-0.1, -0.05) is 20.3 Å². The number of esters is 1. The zero-order valence-corrected chi connectivity index (χ0v) is 16.8. The molecule has 3 rings (SSSR count). The smallest absolute Gasteiger partial charge is 0.343 e. The van der Waals surface area contributed by atoms with Crippen molar-refractivity contribution in [2.45, 2.75) is 33.1 Å². The van der Waals surface area contributed by atoms with E-state index in [4.69, 9.17) is 9.47 Å². The Morgan fingerprint density at radius 1 is 1.21 bits per heavy atom. The molecule has 0 aliphatic rings. The van der Waals surface area contributed by atoms with Crippen LogP contribution in [-0.4, -0.2) is 29.2 Å². The molecule has 0 saturated heterocycles. The van der Waals surface area contributed by atoms with Gasteiger partial charge in [-0.3, -0.25) is 4.79 Å². The standard InChI is InChI=1S/C22H26N2O4/c1-5-7-12-28-20-15-10-11-24(3)18(15)9-8-16(20)19-14(6-2)13-17(21(25)23-19)22(26)27-4/h8-11,13H,5-7,12H2,1-4H3,(H,23,25). The number of nitrogens with zero attached hydrogens (tertiary/aromatic N) is 1. The van der Waals surface area contributed by atoms with Crippen molar-refractivity contribution in [1.29, 1.82) is 0 Å². The van der Waals surface area contributed by atoms with Crippen molar-refractivity contribution in [3.05, 3.63) is 51.9 Å². The summed E-state index contributed by atoms with van der Waals surface area (Å²) in [7, 11) is 3.26. The molecule has 0 saturated carbocycles. The second-order valence-corrected chi connectivity index (χ2v) is 6.76. The number of carbonyl (C=O) groups excluding carboxylic acids is 1. The number of H-pyrrole nitrogens is 1. The van der Waals surface area contributed by atoms with Gasteiger partial charge < -0.3 is 19.0 Å². The lowest BCUT2D eigenvalue weighted by Crippen LogP contribution is -2.20. The molecule has 1 aromatic carbocycles. The van der Waals surface area contributed by atoms with Crippen LogP contribution in [0.15, 0.2) is 35.3 Å². The van der Waals surface area contributed by atoms with E-state index in [9.17, 15) is 9.59 Å². The maximum Gasteiger partial charge on any atom is 0.343 e. The molecule has 0 aliphatic heterocycles. The predicted octanol–water partition coefficient (Wildman–Crippen LogP) is 4.06. The second-order valence-electron chi connectivity index (χ2n) is 6.76. The number of aromatic nitrogens is 2. The molecule has 0 aliphatic carbocycles. The number of ether oxygens (including phenoxy) is 2. The van der Waals surface area contributed by atoms with E-state index in [-0.39, 0.29) is 5.56 Å². The molecule has 0 bridgehead atoms. The third kappa shape index (κ3) is 3.54. The van der Waals surface area contributed by atoms with E-state index in [1.807, 2.05) is 42.9 Å². The molecule has 0 spiro atoms. The number of benzene rings is 1. The number of aromatic amines is 1. The first kappa shape index (κ1) is 19.7. The number of hydrogen-bond donors (Lipinski definition) is 1. The van der Waals surface area contributed by atoms with Crippen LogP contribution in [0, 0.1) is 0 Å². The Hall–Kier alpha value is -3.02. The van der Waals surface area contributed by atoms with E-state index in [1.165, 1.54) is 7.11 Å². The fraction of sp³-hybridized carbons (Fsp3) is 0.364. The highest BCUT2D eigenvalue weighted by Crippen LogP contribution is 2.38. The highest BCUT2D eigenvalue weighted by molar-refractivity contribution is 5.94. The number of hydrogen-bond acceptors (Lipinski definition) is 4. The minimum atomic E-state index is -0.638. The van der Waals surface area contributed by atoms with E-state index in [1.54, 1.807) is 6.07 Å². The van der Waals surface area contributed by atoms with Crippen molar-refractivity contribution in [2.24, 2.45) is 7.05 Å². The van der Waals surface area contributed by atoms with Crippen LogP contribution in [-0.2, 0) is 18.2 Å². The summed E-state index contributed by atoms with van der Waals surface area (Å²) in [5.41, 5.74) is 2.96. The molecule has 0 atom stereocenters. The van der Waals surface area contributed by atoms with Crippen LogP contribution < -0.4 is 10.3 Å². The third-order valence-electron chi connectivity index (χ3n) is 4.94. The number of fused-ring (bicyclic) bond motifs is 1. The molecule has 0 unspecified atom stereocenters. The van der Waals surface area contributed by atoms with Gasteiger partial charge in [0.05, 0.1) is 24.9 Å². The first-order valence-electron chi connectivity index (χ1n) is 9.57. The van der Waals surface area contributed by atoms with Crippen molar-refractivity contribution >= 4 is 16.9 Å². The van der Waals surface area contributed by atoms with Gasteiger partial charge in [0.15, 0.2) is 0 Å². The molecule has 1 N–H and O–H groups in total. The summed E-state index contributed by atoms with van der Waals surface area (Å²) in [6, 6.07) is 7.62. The molecule has 6 heteroatoms. The summed E-state index contributed by atoms with van der Waals surface area (Å²) in [5.74, 6) is 0.114. The molecule has 148 valence electrons. The number of pyridine rings is 1. The number of methoxy groups -OCH3 is 1. The van der Waals surface area contributed by atoms with E-state index >= 15 is 0 Å². The quantitative estimate of drug-likeness (QED) is 0.494. The maximum absolute atomic E-state index is 12.5. The summed E-state index contributed by atoms with van der Waals surface area (Å²) < 4.78 is 12.9. The predicted molar refractivity (Wildman–Crippen MR) is 110 cm³/mol. The number of carbonyl (C=O) groups is 1. The zero-order valence-electron chi connectivity index (χ0n) is 16.8. The zero-order chi connectivity index (χ0) is 20.3. The second kappa shape index (κ2) is 8.33. The van der Waals surface area contributed by atoms with E-state index in [2.05, 4.69) is 11.9 Å². The Kier molecular flexibility index (Phi) is 5.87. The van der Waals surface area contributed by atoms with Gasteiger partial charge in [-0.2, -0.15) is 0 Å². The molecule has 0 radical (unpaired) electrons. The van der Waals surface area contributed by atoms with Gasteiger partial charge in [-0.15, -0.1) is 0 Å². The minimum absolute atomic E-state index is 0.0114. The van der Waals surface area contributed by atoms with Crippen LogP contribution in [0.3, 0.4) is 0 Å². The monoisotopic (exact) mass is 382 g/mol. The van der Waals surface area contributed by atoms with Crippen LogP contribution in [0.1, 0.15) is 42.6 Å². The molecular formula is C22H26N2O4. The molecule has 0 fully saturated rings. The summed E-state index contributed by atoms with van der Waals surface area (Å²) >= 11 is 0. The van der Waals surface area contributed by atoms with Gasteiger partial charge in [0.25, 0.3) is 5.56 Å². The van der Waals surface area contributed by atoms with Gasteiger partial charge in [0.1, 0.15) is 11.3 Å². The lowest BCUT2D eigenvalue weighted by molar-refractivity contribution is 0.0598. The lowest BCUT2D eigenvalue weighted by atomic mass is 9.99. The van der Waals surface area contributed by atoms with Gasteiger partial charge in [0.2, 0.25) is 0 Å². The molecule has 3 aromatic rings. The third-order valence-corrected chi connectivity index (χ3v) is 4.94. The summed E-state index contributed by atoms with van der Waals surface area (Å²) in [6.07, 6.45) is 4.62. The van der Waals surface area contributed by atoms with Gasteiger partial charge in [-0.05, 0) is 42.7 Å². The Bertz CT molecular complexity index is 1060. The molecule has 2 heterocycles. The topological polar surface area (TPSA) is 73.3 Å². The Balaban J connectivity index is 2.22. The fourth-order valence-electron chi connectivity index (χ4n) is 3.35. The fourth-order valence-corrected chi connectivity index (χ4v) is 3.35. The van der Waals surface area contributed by atoms with Crippen LogP contribution in [0.4, 0.5) is 0 Å². The highest BCUT2D eigenvalue weighted by Gasteiger charge is 2.19. The average Bonchev–Trinajstić information content (AvgIpc) is 3.08. The highest BCUT2D eigenvalue weighted by atomic mass is 16.5. The van der Waals surface area contributed by atoms with E-state index < -0.39 is 11.5 Å². The summed E-state index contributed by atoms with van der Waals surface area (Å²) in [4.78, 5) is 27.3. The van der Waals surface area contributed by atoms with Crippen molar-refractivity contribution in [3.8, 4) is 17.0 Å². The number of nitrogens with one attached hydrogen (secondary N) is 1. The van der Waals surface area contributed by atoms with Crippen molar-refractivity contribution in [3.63, 3.8) is 0 Å².